The number of aromatic amines is 1. The van der Waals surface area contributed by atoms with Crippen molar-refractivity contribution in [3.8, 4) is 5.75 Å². The predicted octanol–water partition coefficient (Wildman–Crippen LogP) is -2.48. The van der Waals surface area contributed by atoms with Gasteiger partial charge in [-0.25, -0.2) is 4.79 Å². The Morgan fingerprint density at radius 1 is 0.647 bits per heavy atom. The van der Waals surface area contributed by atoms with Gasteiger partial charge < -0.3 is 117 Å². The summed E-state index contributed by atoms with van der Waals surface area (Å²) in [6.45, 7) is 7.06. The van der Waals surface area contributed by atoms with Crippen LogP contribution in [0.15, 0.2) is 59.7 Å². The van der Waals surface area contributed by atoms with Crippen molar-refractivity contribution >= 4 is 133 Å². The number of amides is 13. The monoisotopic (exact) mass is 1660 g/mol. The van der Waals surface area contributed by atoms with E-state index >= 15 is 19.2 Å². The number of unbranched alkanes of at least 4 members (excludes halogenated alkanes) is 1. The first-order valence-electron chi connectivity index (χ1n) is 38.6. The minimum absolute atomic E-state index is 0.0173. The van der Waals surface area contributed by atoms with Crippen molar-refractivity contribution in [1.29, 1.82) is 0 Å². The number of nitrogens with two attached hydrogens (primary N) is 5. The lowest BCUT2D eigenvalue weighted by Crippen LogP contribution is -2.61. The molecule has 3 fully saturated rings. The summed E-state index contributed by atoms with van der Waals surface area (Å²) < 4.78 is 0. The molecular formula is C75H111N19O20S2. The van der Waals surface area contributed by atoms with Gasteiger partial charge in [0.05, 0.1) is 12.5 Å². The fourth-order valence-corrected chi connectivity index (χ4v) is 16.0. The maximum atomic E-state index is 15.2. The lowest BCUT2D eigenvalue weighted by atomic mass is 10.00. The van der Waals surface area contributed by atoms with Gasteiger partial charge in [-0.05, 0) is 131 Å². The largest absolute Gasteiger partial charge is 0.508 e. The third-order valence-corrected chi connectivity index (χ3v) is 22.2. The number of carboxylic acids is 3. The number of aromatic hydroxyl groups is 1. The van der Waals surface area contributed by atoms with Gasteiger partial charge in [-0.1, -0.05) is 79.6 Å². The third kappa shape index (κ3) is 29.2. The Morgan fingerprint density at radius 2 is 1.25 bits per heavy atom. The van der Waals surface area contributed by atoms with E-state index in [-0.39, 0.29) is 138 Å². The zero-order chi connectivity index (χ0) is 85.6. The van der Waals surface area contributed by atoms with Gasteiger partial charge in [0.15, 0.2) is 5.96 Å². The maximum absolute atomic E-state index is 15.2. The van der Waals surface area contributed by atoms with Gasteiger partial charge in [0.1, 0.15) is 78.3 Å². The number of primary amides is 1. The van der Waals surface area contributed by atoms with Crippen LogP contribution in [0, 0.1) is 11.8 Å². The summed E-state index contributed by atoms with van der Waals surface area (Å²) in [6.07, 6.45) is -0.869. The summed E-state index contributed by atoms with van der Waals surface area (Å²) in [5.41, 5.74) is 30.6. The van der Waals surface area contributed by atoms with Crippen LogP contribution in [-0.4, -0.2) is 264 Å². The van der Waals surface area contributed by atoms with Crippen LogP contribution >= 0.6 is 21.6 Å². The van der Waals surface area contributed by atoms with Crippen molar-refractivity contribution < 1.29 is 97.1 Å². The first-order valence-corrected chi connectivity index (χ1v) is 41.1. The second-order valence-corrected chi connectivity index (χ2v) is 32.4. The quantitative estimate of drug-likeness (QED) is 0.0121. The number of carboxylic acid groups (broad SMARTS) is 3. The van der Waals surface area contributed by atoms with Crippen molar-refractivity contribution in [2.45, 2.75) is 222 Å². The van der Waals surface area contributed by atoms with E-state index in [9.17, 15) is 72.9 Å². The second-order valence-electron chi connectivity index (χ2n) is 29.9. The number of para-hydroxylation sites is 1. The highest BCUT2D eigenvalue weighted by Crippen LogP contribution is 2.29. The molecule has 0 aliphatic carbocycles. The molecule has 0 radical (unpaired) electrons. The Bertz CT molecular complexity index is 4010. The Labute approximate surface area is 678 Å². The lowest BCUT2D eigenvalue weighted by molar-refractivity contribution is -0.149. The number of carbonyl (C=O) groups excluding carboxylic acids is 13. The average Bonchev–Trinajstić information content (AvgIpc) is 1.71. The van der Waals surface area contributed by atoms with E-state index < -0.39 is 199 Å². The van der Waals surface area contributed by atoms with E-state index in [0.29, 0.717) is 24.0 Å². The lowest BCUT2D eigenvalue weighted by Gasteiger charge is -2.35. The van der Waals surface area contributed by atoms with E-state index in [0.717, 1.165) is 37.4 Å². The van der Waals surface area contributed by atoms with Crippen LogP contribution in [-0.2, 0) is 89.6 Å². The summed E-state index contributed by atoms with van der Waals surface area (Å²) in [6, 6.07) is -6.46. The van der Waals surface area contributed by atoms with E-state index in [4.69, 9.17) is 33.8 Å². The Morgan fingerprint density at radius 3 is 1.91 bits per heavy atom. The molecular weight excluding hydrogens is 1550 g/mol. The number of fused-ring (bicyclic) bond motifs is 2. The number of phenolic OH excluding ortho intramolecular Hbond substituents is 1. The number of aromatic nitrogens is 1. The molecule has 24 N–H and O–H groups in total. The first kappa shape index (κ1) is 94.0. The number of nitrogens with zero attached hydrogens (tertiary/aromatic N) is 4. The summed E-state index contributed by atoms with van der Waals surface area (Å²) in [5, 5.41) is 63.3. The number of benzene rings is 2. The van der Waals surface area contributed by atoms with Crippen LogP contribution in [0.25, 0.3) is 10.9 Å². The number of rotatable bonds is 42. The molecule has 0 unspecified atom stereocenters. The van der Waals surface area contributed by atoms with Gasteiger partial charge in [-0.2, -0.15) is 0 Å². The zero-order valence-corrected chi connectivity index (χ0v) is 67.3. The number of carbonyl (C=O) groups is 16. The zero-order valence-electron chi connectivity index (χ0n) is 65.6. The van der Waals surface area contributed by atoms with Crippen LogP contribution in [0.1, 0.15) is 142 Å². The molecule has 116 heavy (non-hydrogen) atoms. The standard InChI is InChI=1S/C75H111N19O20S2/c1-39(2)31-49(85-62(101)45(77)23-25-60(97)98)64(103)86-50(33-41-19-21-43(95)22-20-41)65(104)83-47(24-26-61(99)100)63(102)87-52(35-59(78)96)67(106)84-48(15-8-9-27-76)71(110)94-30-12-18-58(94)73(112)92(5)56(16-10-28-81-75(79)80)69(108)91-55-38-116-115-37-54(68(107)89-53(74(113)114)32-40(3)4)90-66(105)51(34-42-36-82-46-14-7-6-13-44(42)46)88-70(109)57-17-11-29-93(57)72(55)111/h6-7,13-14,19-22,36,39-40,45,47-58,82,95H,8-12,15-18,23-35,37-38,76-77H2,1-5H3,(H2,78,96)(H,83,104)(H,84,106)(H,85,101)(H,86,103)(H,87,102)(H,88,109)(H,89,107)(H,90,105)(H,91,108)(H,97,98)(H,99,100)(H,113,114)(H4,79,80,81)/t45-,47-,48-,49-,50-,51-,52-,53-,54-,55+,56-,57+,58-/m0/s1. The minimum atomic E-state index is -1.94. The Hall–Kier alpha value is -10.8. The molecule has 41 heteroatoms. The normalized spacial score (nSPS) is 19.3. The van der Waals surface area contributed by atoms with Gasteiger partial charge in [0.25, 0.3) is 0 Å². The van der Waals surface area contributed by atoms with Crippen molar-refractivity contribution in [2.75, 3.05) is 44.7 Å². The molecule has 4 heterocycles. The number of likely N-dealkylation sites (tertiary alicyclic amines) is 1. The van der Waals surface area contributed by atoms with E-state index in [1.807, 2.05) is 18.2 Å². The van der Waals surface area contributed by atoms with Crippen LogP contribution in [0.4, 0.5) is 0 Å². The number of aliphatic imine (C=N–C) groups is 1. The number of phenols is 1. The van der Waals surface area contributed by atoms with Crippen molar-refractivity contribution in [3.05, 3.63) is 65.9 Å². The van der Waals surface area contributed by atoms with Crippen LogP contribution in [0.3, 0.4) is 0 Å². The Kier molecular flexibility index (Phi) is 37.3. The average molecular weight is 1660 g/mol. The number of guanidine groups is 1. The number of likely N-dealkylation sites (N-methyl/N-ethyl adjacent to an activating group) is 1. The molecule has 3 aliphatic heterocycles. The Balaban J connectivity index is 1.26. The summed E-state index contributed by atoms with van der Waals surface area (Å²) in [7, 11) is 3.35. The number of H-pyrrole nitrogens is 1. The molecule has 13 atom stereocenters. The van der Waals surface area contributed by atoms with Crippen LogP contribution < -0.4 is 76.5 Å². The maximum Gasteiger partial charge on any atom is 0.326 e. The van der Waals surface area contributed by atoms with Crippen LogP contribution in [0.5, 0.6) is 5.75 Å². The number of hydrogen-bond acceptors (Lipinski definition) is 22. The van der Waals surface area contributed by atoms with Gasteiger partial charge in [-0.3, -0.25) is 76.9 Å². The number of hydrogen-bond donors (Lipinski definition) is 19. The predicted molar refractivity (Wildman–Crippen MR) is 427 cm³/mol. The number of nitrogens with one attached hydrogen (secondary N) is 10. The fourth-order valence-electron chi connectivity index (χ4n) is 13.7. The molecule has 39 nitrogen and oxygen atoms in total. The van der Waals surface area contributed by atoms with Crippen molar-refractivity contribution in [3.63, 3.8) is 0 Å². The summed E-state index contributed by atoms with van der Waals surface area (Å²) in [4.78, 5) is 235. The van der Waals surface area contributed by atoms with Crippen molar-refractivity contribution in [1.82, 2.24) is 67.5 Å². The van der Waals surface area contributed by atoms with Gasteiger partial charge in [0.2, 0.25) is 76.8 Å². The molecule has 0 bridgehead atoms. The summed E-state index contributed by atoms with van der Waals surface area (Å²) in [5.74, 6) is -17.3. The minimum Gasteiger partial charge on any atom is -0.508 e. The van der Waals surface area contributed by atoms with E-state index in [2.05, 4.69) is 57.8 Å². The van der Waals surface area contributed by atoms with Gasteiger partial charge in [-0.15, -0.1) is 0 Å². The SMILES string of the molecule is CC(C)C[C@H](NC(=O)[C@@H]1CSSC[C@@H](NC(=O)[C@H](CCCN=C(N)N)N(C)C(=O)[C@@H]2CCCN2C(=O)[C@H](CCCCN)NC(=O)[C@H](CC(N)=O)NC(=O)[C@H](CCC(=O)O)NC(=O)[C@H](Cc2ccc(O)cc2)NC(=O)[C@H](CC(C)C)NC(=O)[C@@H](N)CCC(=O)O)C(=O)N2CCC[C@@H]2C(=O)N[C@@H](Cc2c[nH]c3ccccc23)C(=O)N1)C(=O)O. The molecule has 3 aromatic rings. The molecule has 1 aromatic heterocycles. The highest BCUT2D eigenvalue weighted by Gasteiger charge is 2.45. The van der Waals surface area contributed by atoms with Gasteiger partial charge in [0, 0.05) is 81.0 Å². The molecule has 3 saturated heterocycles. The fraction of sp³-hybridized carbons (Fsp3) is 0.587. The van der Waals surface area contributed by atoms with Crippen LogP contribution in [0.2, 0.25) is 0 Å². The van der Waals surface area contributed by atoms with E-state index in [1.54, 1.807) is 40.0 Å². The highest BCUT2D eigenvalue weighted by molar-refractivity contribution is 8.76. The molecule has 3 aliphatic rings. The van der Waals surface area contributed by atoms with Crippen molar-refractivity contribution in [2.24, 2.45) is 45.5 Å². The first-order chi connectivity index (χ1) is 55.0. The number of aliphatic carboxylic acids is 3. The third-order valence-electron chi connectivity index (χ3n) is 19.8. The summed E-state index contributed by atoms with van der Waals surface area (Å²) >= 11 is 0. The second kappa shape index (κ2) is 46.1. The van der Waals surface area contributed by atoms with Gasteiger partial charge >= 0.3 is 17.9 Å². The topological polar surface area (TPSA) is 630 Å². The smallest absolute Gasteiger partial charge is 0.326 e. The molecule has 2 aromatic carbocycles. The van der Waals surface area contributed by atoms with E-state index in [1.165, 1.54) is 41.1 Å². The molecule has 638 valence electrons. The molecule has 0 spiro atoms. The molecule has 6 rings (SSSR count). The molecule has 0 saturated carbocycles. The highest BCUT2D eigenvalue weighted by atomic mass is 33.1. The molecule has 13 amide bonds.